The monoisotopic (exact) mass is 200 g/mol. The molecule has 0 unspecified atom stereocenters. The predicted molar refractivity (Wildman–Crippen MR) is 53.1 cm³/mol. The SMILES string of the molecule is OCCCCc1ccc(O)cc1Cl. The highest BCUT2D eigenvalue weighted by Crippen LogP contribution is 2.22. The van der Waals surface area contributed by atoms with E-state index in [1.165, 1.54) is 6.07 Å². The van der Waals surface area contributed by atoms with Crippen LogP contribution in [0.25, 0.3) is 0 Å². The van der Waals surface area contributed by atoms with Crippen molar-refractivity contribution >= 4 is 11.6 Å². The molecule has 0 bridgehead atoms. The topological polar surface area (TPSA) is 40.5 Å². The maximum absolute atomic E-state index is 9.08. The summed E-state index contributed by atoms with van der Waals surface area (Å²) in [5.41, 5.74) is 1.02. The third-order valence-electron chi connectivity index (χ3n) is 1.89. The second kappa shape index (κ2) is 5.10. The van der Waals surface area contributed by atoms with Gasteiger partial charge in [-0.15, -0.1) is 0 Å². The van der Waals surface area contributed by atoms with Gasteiger partial charge in [-0.2, -0.15) is 0 Å². The summed E-state index contributed by atoms with van der Waals surface area (Å²) in [6.07, 6.45) is 2.55. The number of aliphatic hydroxyl groups is 1. The van der Waals surface area contributed by atoms with Gasteiger partial charge in [-0.1, -0.05) is 17.7 Å². The first-order valence-corrected chi connectivity index (χ1v) is 4.70. The molecule has 0 fully saturated rings. The first-order valence-electron chi connectivity index (χ1n) is 4.32. The molecule has 0 aliphatic carbocycles. The van der Waals surface area contributed by atoms with Crippen LogP contribution in [-0.4, -0.2) is 16.8 Å². The average Bonchev–Trinajstić information content (AvgIpc) is 2.09. The second-order valence-electron chi connectivity index (χ2n) is 2.96. The van der Waals surface area contributed by atoms with E-state index in [2.05, 4.69) is 0 Å². The molecule has 0 aromatic heterocycles. The maximum atomic E-state index is 9.08. The number of halogens is 1. The summed E-state index contributed by atoms with van der Waals surface area (Å²) in [5, 5.41) is 18.3. The molecule has 0 heterocycles. The number of rotatable bonds is 4. The van der Waals surface area contributed by atoms with Gasteiger partial charge in [-0.3, -0.25) is 0 Å². The van der Waals surface area contributed by atoms with Crippen molar-refractivity contribution in [2.75, 3.05) is 6.61 Å². The third kappa shape index (κ3) is 3.25. The molecule has 1 aromatic rings. The van der Waals surface area contributed by atoms with Crippen molar-refractivity contribution < 1.29 is 10.2 Å². The Morgan fingerprint density at radius 1 is 1.23 bits per heavy atom. The number of hydrogen-bond acceptors (Lipinski definition) is 2. The second-order valence-corrected chi connectivity index (χ2v) is 3.36. The zero-order chi connectivity index (χ0) is 9.68. The largest absolute Gasteiger partial charge is 0.508 e. The van der Waals surface area contributed by atoms with Crippen LogP contribution in [0.4, 0.5) is 0 Å². The minimum absolute atomic E-state index is 0.191. The van der Waals surface area contributed by atoms with Crippen LogP contribution in [0.3, 0.4) is 0 Å². The van der Waals surface area contributed by atoms with Gasteiger partial charge in [0.2, 0.25) is 0 Å². The normalized spacial score (nSPS) is 10.3. The van der Waals surface area contributed by atoms with Crippen molar-refractivity contribution in [2.24, 2.45) is 0 Å². The third-order valence-corrected chi connectivity index (χ3v) is 2.24. The summed E-state index contributed by atoms with van der Waals surface area (Å²) >= 11 is 5.89. The van der Waals surface area contributed by atoms with E-state index in [1.54, 1.807) is 6.07 Å². The Labute approximate surface area is 82.8 Å². The lowest BCUT2D eigenvalue weighted by Crippen LogP contribution is -1.89. The number of phenols is 1. The highest BCUT2D eigenvalue weighted by molar-refractivity contribution is 6.31. The summed E-state index contributed by atoms with van der Waals surface area (Å²) in [6.45, 7) is 0.218. The minimum Gasteiger partial charge on any atom is -0.508 e. The smallest absolute Gasteiger partial charge is 0.117 e. The van der Waals surface area contributed by atoms with E-state index in [4.69, 9.17) is 21.8 Å². The van der Waals surface area contributed by atoms with Gasteiger partial charge in [0.05, 0.1) is 0 Å². The van der Waals surface area contributed by atoms with Gasteiger partial charge in [0.15, 0.2) is 0 Å². The average molecular weight is 201 g/mol. The number of aryl methyl sites for hydroxylation is 1. The van der Waals surface area contributed by atoms with Crippen LogP contribution in [0.15, 0.2) is 18.2 Å². The fourth-order valence-corrected chi connectivity index (χ4v) is 1.44. The van der Waals surface area contributed by atoms with Crippen LogP contribution in [-0.2, 0) is 6.42 Å². The molecular formula is C10H13ClO2. The molecule has 2 N–H and O–H groups in total. The van der Waals surface area contributed by atoms with Gasteiger partial charge in [-0.25, -0.2) is 0 Å². The molecule has 0 aliphatic rings. The van der Waals surface area contributed by atoms with Crippen molar-refractivity contribution in [1.82, 2.24) is 0 Å². The first kappa shape index (κ1) is 10.4. The molecule has 72 valence electrons. The lowest BCUT2D eigenvalue weighted by atomic mass is 10.1. The number of unbranched alkanes of at least 4 members (excludes halogenated alkanes) is 1. The van der Waals surface area contributed by atoms with E-state index in [-0.39, 0.29) is 12.4 Å². The fourth-order valence-electron chi connectivity index (χ4n) is 1.17. The molecule has 0 aliphatic heterocycles. The standard InChI is InChI=1S/C10H13ClO2/c11-10-7-9(13)5-4-8(10)3-1-2-6-12/h4-5,7,12-13H,1-3,6H2. The molecule has 13 heavy (non-hydrogen) atoms. The number of hydrogen-bond donors (Lipinski definition) is 2. The molecule has 0 saturated carbocycles. The zero-order valence-electron chi connectivity index (χ0n) is 7.33. The molecule has 0 atom stereocenters. The molecule has 0 amide bonds. The molecule has 3 heteroatoms. The lowest BCUT2D eigenvalue weighted by molar-refractivity contribution is 0.284. The van der Waals surface area contributed by atoms with E-state index in [0.29, 0.717) is 5.02 Å². The van der Waals surface area contributed by atoms with Crippen molar-refractivity contribution in [2.45, 2.75) is 19.3 Å². The van der Waals surface area contributed by atoms with Crippen molar-refractivity contribution in [3.8, 4) is 5.75 Å². The van der Waals surface area contributed by atoms with Gasteiger partial charge in [-0.05, 0) is 37.0 Å². The van der Waals surface area contributed by atoms with Crippen LogP contribution in [0.5, 0.6) is 5.75 Å². The van der Waals surface area contributed by atoms with Crippen LogP contribution >= 0.6 is 11.6 Å². The summed E-state index contributed by atoms with van der Waals surface area (Å²) < 4.78 is 0. The molecular weight excluding hydrogens is 188 g/mol. The predicted octanol–water partition coefficient (Wildman–Crippen LogP) is 2.36. The number of benzene rings is 1. The number of aromatic hydroxyl groups is 1. The van der Waals surface area contributed by atoms with Gasteiger partial charge in [0.1, 0.15) is 5.75 Å². The summed E-state index contributed by atoms with van der Waals surface area (Å²) in [5.74, 6) is 0.191. The Morgan fingerprint density at radius 2 is 2.00 bits per heavy atom. The van der Waals surface area contributed by atoms with Gasteiger partial charge < -0.3 is 10.2 Å². The minimum atomic E-state index is 0.191. The van der Waals surface area contributed by atoms with Gasteiger partial charge in [0, 0.05) is 11.6 Å². The Hall–Kier alpha value is -0.730. The Balaban J connectivity index is 2.56. The van der Waals surface area contributed by atoms with Crippen LogP contribution in [0.1, 0.15) is 18.4 Å². The first-order chi connectivity index (χ1) is 6.24. The Morgan fingerprint density at radius 3 is 2.62 bits per heavy atom. The highest BCUT2D eigenvalue weighted by Gasteiger charge is 2.00. The Kier molecular flexibility index (Phi) is 4.06. The van der Waals surface area contributed by atoms with Gasteiger partial charge >= 0.3 is 0 Å². The molecule has 2 nitrogen and oxygen atoms in total. The zero-order valence-corrected chi connectivity index (χ0v) is 8.09. The van der Waals surface area contributed by atoms with E-state index in [9.17, 15) is 0 Å². The van der Waals surface area contributed by atoms with E-state index in [1.807, 2.05) is 6.07 Å². The summed E-state index contributed by atoms with van der Waals surface area (Å²) in [6, 6.07) is 4.98. The number of aliphatic hydroxyl groups excluding tert-OH is 1. The van der Waals surface area contributed by atoms with Crippen molar-refractivity contribution in [1.29, 1.82) is 0 Å². The Bertz CT molecular complexity index is 274. The quantitative estimate of drug-likeness (QED) is 0.733. The van der Waals surface area contributed by atoms with Gasteiger partial charge in [0.25, 0.3) is 0 Å². The molecule has 1 aromatic carbocycles. The molecule has 0 spiro atoms. The maximum Gasteiger partial charge on any atom is 0.117 e. The summed E-state index contributed by atoms with van der Waals surface area (Å²) in [7, 11) is 0. The van der Waals surface area contributed by atoms with Crippen molar-refractivity contribution in [3.63, 3.8) is 0 Å². The highest BCUT2D eigenvalue weighted by atomic mass is 35.5. The molecule has 0 saturated heterocycles. The fraction of sp³-hybridized carbons (Fsp3) is 0.400. The summed E-state index contributed by atoms with van der Waals surface area (Å²) in [4.78, 5) is 0. The van der Waals surface area contributed by atoms with Crippen LogP contribution in [0.2, 0.25) is 5.02 Å². The van der Waals surface area contributed by atoms with E-state index >= 15 is 0 Å². The number of phenolic OH excluding ortho intramolecular Hbond substituents is 1. The van der Waals surface area contributed by atoms with Crippen molar-refractivity contribution in [3.05, 3.63) is 28.8 Å². The van der Waals surface area contributed by atoms with Crippen LogP contribution in [0, 0.1) is 0 Å². The van der Waals surface area contributed by atoms with Crippen LogP contribution < -0.4 is 0 Å². The van der Waals surface area contributed by atoms with E-state index < -0.39 is 0 Å². The molecule has 0 radical (unpaired) electrons. The molecule has 1 rings (SSSR count). The van der Waals surface area contributed by atoms with E-state index in [0.717, 1.165) is 24.8 Å². The lowest BCUT2D eigenvalue weighted by Gasteiger charge is -2.03.